The Balaban J connectivity index is 4.06. The zero-order valence-electron chi connectivity index (χ0n) is 12.0. The van der Waals surface area contributed by atoms with Crippen LogP contribution in [-0.4, -0.2) is 34.4 Å². The predicted molar refractivity (Wildman–Crippen MR) is 74.7 cm³/mol. The Bertz CT molecular complexity index is 247. The van der Waals surface area contributed by atoms with Gasteiger partial charge < -0.3 is 13.6 Å². The van der Waals surface area contributed by atoms with Crippen LogP contribution in [0.5, 0.6) is 0 Å². The molecule has 0 spiro atoms. The van der Waals surface area contributed by atoms with E-state index in [4.69, 9.17) is 13.6 Å². The normalized spacial score (nSPS) is 12.0. The van der Waals surface area contributed by atoms with E-state index in [1.54, 1.807) is 13.0 Å². The third kappa shape index (κ3) is 6.93. The van der Waals surface area contributed by atoms with Gasteiger partial charge in [0.1, 0.15) is 0 Å². The van der Waals surface area contributed by atoms with Crippen molar-refractivity contribution in [2.24, 2.45) is 0 Å². The highest BCUT2D eigenvalue weighted by molar-refractivity contribution is 6.67. The van der Waals surface area contributed by atoms with Crippen LogP contribution in [-0.2, 0) is 18.4 Å². The zero-order chi connectivity index (χ0) is 13.9. The molecule has 0 atom stereocenters. The molecule has 0 saturated heterocycles. The highest BCUT2D eigenvalue weighted by atomic mass is 28.4. The van der Waals surface area contributed by atoms with Crippen LogP contribution in [0.15, 0.2) is 12.2 Å². The van der Waals surface area contributed by atoms with Gasteiger partial charge in [-0.2, -0.15) is 0 Å². The average molecular weight is 274 g/mol. The third-order valence-corrected chi connectivity index (χ3v) is 6.42. The maximum Gasteiger partial charge on any atom is 0.337 e. The molecule has 18 heavy (non-hydrogen) atoms. The maximum atomic E-state index is 11.1. The van der Waals surface area contributed by atoms with Gasteiger partial charge in [0.05, 0.1) is 6.61 Å². The van der Waals surface area contributed by atoms with Gasteiger partial charge in [-0.15, -0.1) is 0 Å². The second kappa shape index (κ2) is 10.3. The minimum atomic E-state index is -2.07. The van der Waals surface area contributed by atoms with E-state index in [0.29, 0.717) is 19.8 Å². The average Bonchev–Trinajstić information content (AvgIpc) is 2.35. The van der Waals surface area contributed by atoms with Crippen molar-refractivity contribution in [3.05, 3.63) is 12.2 Å². The fraction of sp³-hybridized carbons (Fsp3) is 0.769. The van der Waals surface area contributed by atoms with Gasteiger partial charge in [0, 0.05) is 19.3 Å². The Morgan fingerprint density at radius 2 is 1.78 bits per heavy atom. The van der Waals surface area contributed by atoms with E-state index >= 15 is 0 Å². The highest BCUT2D eigenvalue weighted by Crippen LogP contribution is 2.20. The highest BCUT2D eigenvalue weighted by Gasteiger charge is 2.34. The molecule has 0 N–H and O–H groups in total. The SMILES string of the molecule is CC=CC(=O)OCCC[Si](CC)(OCC)OCC. The summed E-state index contributed by atoms with van der Waals surface area (Å²) in [4.78, 5) is 11.1. The van der Waals surface area contributed by atoms with Crippen LogP contribution in [0.2, 0.25) is 12.1 Å². The molecular formula is C13H26O4Si. The summed E-state index contributed by atoms with van der Waals surface area (Å²) in [6.07, 6.45) is 3.90. The molecule has 0 aromatic heterocycles. The second-order valence-corrected chi connectivity index (χ2v) is 7.51. The molecule has 0 aliphatic carbocycles. The number of hydrogen-bond donors (Lipinski definition) is 0. The number of esters is 1. The number of carbonyl (C=O) groups excluding carboxylic acids is 1. The number of allylic oxidation sites excluding steroid dienone is 1. The Morgan fingerprint density at radius 3 is 2.22 bits per heavy atom. The largest absolute Gasteiger partial charge is 0.463 e. The van der Waals surface area contributed by atoms with E-state index in [1.807, 2.05) is 13.8 Å². The quantitative estimate of drug-likeness (QED) is 0.266. The maximum absolute atomic E-state index is 11.1. The molecule has 5 heteroatoms. The van der Waals surface area contributed by atoms with Crippen LogP contribution in [0.25, 0.3) is 0 Å². The standard InChI is InChI=1S/C13H26O4Si/c1-5-10-13(14)15-11-9-12-18(8-4,16-6-2)17-7-3/h5,10H,6-9,11-12H2,1-4H3. The van der Waals surface area contributed by atoms with Gasteiger partial charge in [-0.25, -0.2) is 4.79 Å². The molecule has 0 amide bonds. The first-order valence-electron chi connectivity index (χ1n) is 6.71. The molecule has 0 unspecified atom stereocenters. The molecule has 0 saturated carbocycles. The van der Waals surface area contributed by atoms with Crippen LogP contribution in [0.1, 0.15) is 34.1 Å². The fourth-order valence-corrected chi connectivity index (χ4v) is 4.66. The Kier molecular flexibility index (Phi) is 9.91. The van der Waals surface area contributed by atoms with E-state index in [2.05, 4.69) is 6.92 Å². The lowest BCUT2D eigenvalue weighted by atomic mass is 10.5. The van der Waals surface area contributed by atoms with Gasteiger partial charge in [0.25, 0.3) is 0 Å². The van der Waals surface area contributed by atoms with Crippen LogP contribution >= 0.6 is 0 Å². The minimum Gasteiger partial charge on any atom is -0.463 e. The van der Waals surface area contributed by atoms with Crippen molar-refractivity contribution in [3.8, 4) is 0 Å². The monoisotopic (exact) mass is 274 g/mol. The van der Waals surface area contributed by atoms with Crippen molar-refractivity contribution in [1.29, 1.82) is 0 Å². The number of carbonyl (C=O) groups is 1. The molecule has 0 aliphatic rings. The van der Waals surface area contributed by atoms with Crippen LogP contribution in [0.3, 0.4) is 0 Å². The summed E-state index contributed by atoms with van der Waals surface area (Å²) in [7, 11) is -2.07. The van der Waals surface area contributed by atoms with Crippen molar-refractivity contribution in [3.63, 3.8) is 0 Å². The Labute approximate surface area is 112 Å². The van der Waals surface area contributed by atoms with Crippen molar-refractivity contribution in [2.45, 2.75) is 46.2 Å². The fourth-order valence-electron chi connectivity index (χ4n) is 1.79. The molecule has 0 radical (unpaired) electrons. The first kappa shape index (κ1) is 17.3. The van der Waals surface area contributed by atoms with E-state index in [0.717, 1.165) is 18.5 Å². The van der Waals surface area contributed by atoms with Crippen LogP contribution < -0.4 is 0 Å². The van der Waals surface area contributed by atoms with E-state index < -0.39 is 8.56 Å². The van der Waals surface area contributed by atoms with E-state index in [1.165, 1.54) is 6.08 Å². The minimum absolute atomic E-state index is 0.283. The van der Waals surface area contributed by atoms with Crippen molar-refractivity contribution >= 4 is 14.5 Å². The summed E-state index contributed by atoms with van der Waals surface area (Å²) in [5.41, 5.74) is 0. The van der Waals surface area contributed by atoms with Crippen molar-refractivity contribution in [2.75, 3.05) is 19.8 Å². The first-order chi connectivity index (χ1) is 8.64. The van der Waals surface area contributed by atoms with Gasteiger partial charge in [-0.1, -0.05) is 13.0 Å². The number of rotatable bonds is 10. The summed E-state index contributed by atoms with van der Waals surface area (Å²) < 4.78 is 16.7. The van der Waals surface area contributed by atoms with E-state index in [-0.39, 0.29) is 5.97 Å². The summed E-state index contributed by atoms with van der Waals surface area (Å²) in [6.45, 7) is 9.66. The molecule has 0 aromatic rings. The summed E-state index contributed by atoms with van der Waals surface area (Å²) >= 11 is 0. The third-order valence-electron chi connectivity index (χ3n) is 2.60. The van der Waals surface area contributed by atoms with E-state index in [9.17, 15) is 4.79 Å². The molecule has 106 valence electrons. The lowest BCUT2D eigenvalue weighted by molar-refractivity contribution is -0.137. The predicted octanol–water partition coefficient (Wildman–Crippen LogP) is 3.03. The van der Waals surface area contributed by atoms with Crippen molar-refractivity contribution in [1.82, 2.24) is 0 Å². The number of hydrogen-bond acceptors (Lipinski definition) is 4. The lowest BCUT2D eigenvalue weighted by Gasteiger charge is -2.28. The molecule has 0 bridgehead atoms. The smallest absolute Gasteiger partial charge is 0.337 e. The van der Waals surface area contributed by atoms with Crippen molar-refractivity contribution < 1.29 is 18.4 Å². The molecule has 0 aromatic carbocycles. The Hall–Kier alpha value is -0.653. The molecule has 0 heterocycles. The van der Waals surface area contributed by atoms with Gasteiger partial charge in [0.15, 0.2) is 0 Å². The topological polar surface area (TPSA) is 44.8 Å². The summed E-state index contributed by atoms with van der Waals surface area (Å²) in [5.74, 6) is -0.283. The summed E-state index contributed by atoms with van der Waals surface area (Å²) in [6, 6.07) is 1.80. The summed E-state index contributed by atoms with van der Waals surface area (Å²) in [5, 5.41) is 0. The molecule has 4 nitrogen and oxygen atoms in total. The molecule has 0 rings (SSSR count). The molecule has 0 fully saturated rings. The Morgan fingerprint density at radius 1 is 1.17 bits per heavy atom. The lowest BCUT2D eigenvalue weighted by Crippen LogP contribution is -2.41. The number of ether oxygens (including phenoxy) is 1. The van der Waals surface area contributed by atoms with Gasteiger partial charge in [0.2, 0.25) is 0 Å². The second-order valence-electron chi connectivity index (χ2n) is 3.90. The molecule has 0 aliphatic heterocycles. The van der Waals surface area contributed by atoms with Gasteiger partial charge >= 0.3 is 14.5 Å². The van der Waals surface area contributed by atoms with Gasteiger partial charge in [-0.3, -0.25) is 0 Å². The van der Waals surface area contributed by atoms with Crippen LogP contribution in [0, 0.1) is 0 Å². The van der Waals surface area contributed by atoms with Crippen LogP contribution in [0.4, 0.5) is 0 Å². The first-order valence-corrected chi connectivity index (χ1v) is 8.94. The van der Waals surface area contributed by atoms with Gasteiger partial charge in [-0.05, 0) is 39.3 Å². The molecular weight excluding hydrogens is 248 g/mol. The zero-order valence-corrected chi connectivity index (χ0v) is 13.0.